The Kier molecular flexibility index (Phi) is 6.21. The monoisotopic (exact) mass is 387 g/mol. The van der Waals surface area contributed by atoms with Crippen LogP contribution in [0.1, 0.15) is 37.7 Å². The van der Waals surface area contributed by atoms with Crippen molar-refractivity contribution in [3.05, 3.63) is 56.9 Å². The number of hydrogen-bond acceptors (Lipinski definition) is 4. The van der Waals surface area contributed by atoms with E-state index < -0.39 is 11.2 Å². The molecule has 1 aromatic heterocycles. The highest BCUT2D eigenvalue weighted by Gasteiger charge is 2.15. The Morgan fingerprint density at radius 1 is 1.19 bits per heavy atom. The summed E-state index contributed by atoms with van der Waals surface area (Å²) in [7, 11) is 1.39. The number of hydrogen-bond donors (Lipinski definition) is 1. The third kappa shape index (κ3) is 4.91. The van der Waals surface area contributed by atoms with Crippen LogP contribution in [-0.4, -0.2) is 20.3 Å². The van der Waals surface area contributed by atoms with E-state index >= 15 is 0 Å². The lowest BCUT2D eigenvalue weighted by Crippen LogP contribution is -2.39. The summed E-state index contributed by atoms with van der Waals surface area (Å²) >= 11 is 1.92. The minimum absolute atomic E-state index is 0.134. The third-order valence-electron chi connectivity index (χ3n) is 4.90. The Bertz CT molecular complexity index is 942. The number of aromatic nitrogens is 2. The maximum absolute atomic E-state index is 12.3. The zero-order valence-electron chi connectivity index (χ0n) is 15.7. The van der Waals surface area contributed by atoms with E-state index in [-0.39, 0.29) is 12.5 Å². The summed E-state index contributed by atoms with van der Waals surface area (Å²) in [5, 5.41) is 3.55. The summed E-state index contributed by atoms with van der Waals surface area (Å²) in [6, 6.07) is 7.34. The van der Waals surface area contributed by atoms with Gasteiger partial charge in [-0.1, -0.05) is 19.3 Å². The van der Waals surface area contributed by atoms with Gasteiger partial charge in [0, 0.05) is 35.1 Å². The van der Waals surface area contributed by atoms with Crippen LogP contribution in [0, 0.1) is 6.92 Å². The number of benzene rings is 1. The molecular formula is C20H25N3O3S. The van der Waals surface area contributed by atoms with Crippen molar-refractivity contribution in [3.8, 4) is 0 Å². The first-order valence-electron chi connectivity index (χ1n) is 9.27. The van der Waals surface area contributed by atoms with E-state index in [1.54, 1.807) is 0 Å². The van der Waals surface area contributed by atoms with Gasteiger partial charge in [-0.15, -0.1) is 11.8 Å². The van der Waals surface area contributed by atoms with Crippen LogP contribution in [-0.2, 0) is 18.4 Å². The van der Waals surface area contributed by atoms with E-state index in [9.17, 15) is 14.4 Å². The molecule has 1 aliphatic rings. The number of carbonyl (C=O) groups excluding carboxylic acids is 1. The van der Waals surface area contributed by atoms with E-state index in [1.165, 1.54) is 60.9 Å². The van der Waals surface area contributed by atoms with Gasteiger partial charge in [0.2, 0.25) is 5.91 Å². The molecule has 0 unspecified atom stereocenters. The second-order valence-corrected chi connectivity index (χ2v) is 8.40. The molecule has 7 heteroatoms. The molecule has 3 rings (SSSR count). The molecule has 0 radical (unpaired) electrons. The lowest BCUT2D eigenvalue weighted by molar-refractivity contribution is -0.116. The van der Waals surface area contributed by atoms with Gasteiger partial charge in [-0.2, -0.15) is 0 Å². The lowest BCUT2D eigenvalue weighted by atomic mass is 10.0. The summed E-state index contributed by atoms with van der Waals surface area (Å²) in [6.07, 6.45) is 7.87. The molecule has 144 valence electrons. The maximum Gasteiger partial charge on any atom is 0.331 e. The fourth-order valence-electron chi connectivity index (χ4n) is 3.31. The molecule has 0 saturated heterocycles. The van der Waals surface area contributed by atoms with Gasteiger partial charge in [0.25, 0.3) is 5.56 Å². The van der Waals surface area contributed by atoms with Gasteiger partial charge >= 0.3 is 5.69 Å². The molecule has 0 bridgehead atoms. The first kappa shape index (κ1) is 19.5. The molecule has 1 heterocycles. The molecule has 0 aliphatic heterocycles. The summed E-state index contributed by atoms with van der Waals surface area (Å²) in [5.41, 5.74) is 0.843. The van der Waals surface area contributed by atoms with Crippen LogP contribution in [0.5, 0.6) is 0 Å². The first-order valence-corrected chi connectivity index (χ1v) is 10.2. The number of amides is 1. The molecule has 1 amide bonds. The molecule has 1 N–H and O–H groups in total. The van der Waals surface area contributed by atoms with Crippen LogP contribution < -0.4 is 16.6 Å². The van der Waals surface area contributed by atoms with Crippen molar-refractivity contribution >= 4 is 23.4 Å². The summed E-state index contributed by atoms with van der Waals surface area (Å²) in [6.45, 7) is 1.84. The predicted octanol–water partition coefficient (Wildman–Crippen LogP) is 2.92. The highest BCUT2D eigenvalue weighted by atomic mass is 32.2. The molecular weight excluding hydrogens is 362 g/mol. The fourth-order valence-corrected chi connectivity index (χ4v) is 4.65. The van der Waals surface area contributed by atoms with Gasteiger partial charge in [-0.3, -0.25) is 18.7 Å². The minimum atomic E-state index is -0.506. The van der Waals surface area contributed by atoms with Crippen LogP contribution in [0.25, 0.3) is 0 Å². The highest BCUT2D eigenvalue weighted by molar-refractivity contribution is 8.00. The fraction of sp³-hybridized carbons (Fsp3) is 0.450. The van der Waals surface area contributed by atoms with Gasteiger partial charge in [0.15, 0.2) is 0 Å². The van der Waals surface area contributed by atoms with Crippen LogP contribution in [0.15, 0.2) is 44.9 Å². The van der Waals surface area contributed by atoms with E-state index in [0.29, 0.717) is 5.25 Å². The summed E-state index contributed by atoms with van der Waals surface area (Å²) < 4.78 is 2.20. The van der Waals surface area contributed by atoms with Crippen LogP contribution in [0.4, 0.5) is 5.69 Å². The van der Waals surface area contributed by atoms with E-state index in [2.05, 4.69) is 11.4 Å². The molecule has 1 aromatic carbocycles. The second kappa shape index (κ2) is 8.61. The van der Waals surface area contributed by atoms with Crippen molar-refractivity contribution in [1.29, 1.82) is 0 Å². The van der Waals surface area contributed by atoms with Crippen molar-refractivity contribution in [3.63, 3.8) is 0 Å². The molecule has 1 fully saturated rings. The third-order valence-corrected chi connectivity index (χ3v) is 6.23. The average Bonchev–Trinajstić information content (AvgIpc) is 2.65. The highest BCUT2D eigenvalue weighted by Crippen LogP contribution is 2.34. The Balaban J connectivity index is 1.65. The normalized spacial score (nSPS) is 14.9. The van der Waals surface area contributed by atoms with E-state index in [1.807, 2.05) is 30.8 Å². The zero-order chi connectivity index (χ0) is 19.4. The summed E-state index contributed by atoms with van der Waals surface area (Å²) in [4.78, 5) is 37.0. The molecule has 1 aliphatic carbocycles. The van der Waals surface area contributed by atoms with Crippen molar-refractivity contribution in [2.75, 3.05) is 5.32 Å². The van der Waals surface area contributed by atoms with Crippen LogP contribution in [0.3, 0.4) is 0 Å². The second-order valence-electron chi connectivity index (χ2n) is 7.03. The largest absolute Gasteiger partial charge is 0.331 e. The van der Waals surface area contributed by atoms with E-state index in [4.69, 9.17) is 0 Å². The van der Waals surface area contributed by atoms with Gasteiger partial charge in [0.1, 0.15) is 6.54 Å². The number of nitrogens with one attached hydrogen (secondary N) is 1. The quantitative estimate of drug-likeness (QED) is 0.856. The number of carbonyl (C=O) groups is 1. The zero-order valence-corrected chi connectivity index (χ0v) is 16.6. The van der Waals surface area contributed by atoms with Crippen molar-refractivity contribution < 1.29 is 4.79 Å². The van der Waals surface area contributed by atoms with Crippen molar-refractivity contribution in [1.82, 2.24) is 9.13 Å². The van der Waals surface area contributed by atoms with Crippen molar-refractivity contribution in [2.45, 2.75) is 55.7 Å². The van der Waals surface area contributed by atoms with E-state index in [0.717, 1.165) is 15.8 Å². The standard InChI is InChI=1S/C20H25N3O3S/c1-14-12-16(27-15-6-4-3-5-7-15)8-9-17(14)21-18(24)13-23-11-10-19(25)22(2)20(23)26/h8-12,15H,3-7,13H2,1-2H3,(H,21,24). The number of nitrogens with zero attached hydrogens (tertiary/aromatic N) is 2. The lowest BCUT2D eigenvalue weighted by Gasteiger charge is -2.21. The Hall–Kier alpha value is -2.28. The molecule has 0 atom stereocenters. The number of anilines is 1. The predicted molar refractivity (Wildman–Crippen MR) is 108 cm³/mol. The van der Waals surface area contributed by atoms with Gasteiger partial charge < -0.3 is 5.32 Å². The molecule has 6 nitrogen and oxygen atoms in total. The van der Waals surface area contributed by atoms with Crippen LogP contribution >= 0.6 is 11.8 Å². The molecule has 27 heavy (non-hydrogen) atoms. The maximum atomic E-state index is 12.3. The molecule has 2 aromatic rings. The minimum Gasteiger partial charge on any atom is -0.324 e. The molecule has 1 saturated carbocycles. The molecule has 0 spiro atoms. The Morgan fingerprint density at radius 2 is 1.93 bits per heavy atom. The van der Waals surface area contributed by atoms with Crippen molar-refractivity contribution in [2.24, 2.45) is 7.05 Å². The number of rotatable bonds is 5. The summed E-state index contributed by atoms with van der Waals surface area (Å²) in [5.74, 6) is -0.300. The number of thioether (sulfide) groups is 1. The topological polar surface area (TPSA) is 73.1 Å². The Labute approximate surface area is 162 Å². The van der Waals surface area contributed by atoms with Gasteiger partial charge in [-0.05, 0) is 43.5 Å². The van der Waals surface area contributed by atoms with Crippen LogP contribution in [0.2, 0.25) is 0 Å². The Morgan fingerprint density at radius 3 is 2.63 bits per heavy atom. The SMILES string of the molecule is Cc1cc(SC2CCCCC2)ccc1NC(=O)Cn1ccc(=O)n(C)c1=O. The first-order chi connectivity index (χ1) is 12.9. The van der Waals surface area contributed by atoms with Gasteiger partial charge in [-0.25, -0.2) is 4.79 Å². The average molecular weight is 388 g/mol. The number of aryl methyl sites for hydroxylation is 1. The van der Waals surface area contributed by atoms with Gasteiger partial charge in [0.05, 0.1) is 0 Å². The smallest absolute Gasteiger partial charge is 0.324 e.